The minimum Gasteiger partial charge on any atom is -0.392 e. The van der Waals surface area contributed by atoms with E-state index >= 15 is 0 Å². The predicted molar refractivity (Wildman–Crippen MR) is 48.0 cm³/mol. The number of hydrogen-bond donors (Lipinski definition) is 2. The van der Waals surface area contributed by atoms with Crippen LogP contribution in [-0.2, 0) is 19.3 Å². The summed E-state index contributed by atoms with van der Waals surface area (Å²) in [6.45, 7) is -1.55. The summed E-state index contributed by atoms with van der Waals surface area (Å²) in [5.41, 5.74) is 1.78. The third-order valence-corrected chi connectivity index (χ3v) is 2.08. The van der Waals surface area contributed by atoms with E-state index in [4.69, 9.17) is 10.8 Å². The van der Waals surface area contributed by atoms with E-state index in [0.717, 1.165) is 0 Å². The van der Waals surface area contributed by atoms with E-state index in [9.17, 15) is 22.0 Å². The number of pyridine rings is 1. The minimum absolute atomic E-state index is 0.524. The Hall–Kier alpha value is -1.28. The third-order valence-electron chi connectivity index (χ3n) is 2.08. The van der Waals surface area contributed by atoms with Gasteiger partial charge in [0.1, 0.15) is 5.69 Å². The molecule has 3 nitrogen and oxygen atoms in total. The Kier molecular flexibility index (Phi) is 3.99. The average molecular weight is 256 g/mol. The van der Waals surface area contributed by atoms with Crippen LogP contribution in [0, 0.1) is 0 Å². The molecule has 0 aliphatic carbocycles. The van der Waals surface area contributed by atoms with Gasteiger partial charge >= 0.3 is 6.18 Å². The van der Waals surface area contributed by atoms with Gasteiger partial charge in [-0.2, -0.15) is 13.2 Å². The first kappa shape index (κ1) is 13.8. The highest BCUT2D eigenvalue weighted by Gasteiger charge is 2.36. The number of rotatable bonds is 3. The summed E-state index contributed by atoms with van der Waals surface area (Å²) in [6, 6.07) is 0.586. The highest BCUT2D eigenvalue weighted by Crippen LogP contribution is 2.33. The molecule has 1 aromatic heterocycles. The first-order valence-corrected chi connectivity index (χ1v) is 4.50. The molecule has 3 N–H and O–H groups in total. The van der Waals surface area contributed by atoms with E-state index in [0.29, 0.717) is 6.07 Å². The van der Waals surface area contributed by atoms with Gasteiger partial charge in [0.15, 0.2) is 0 Å². The molecule has 0 atom stereocenters. The molecule has 0 aliphatic heterocycles. The molecule has 1 rings (SSSR count). The van der Waals surface area contributed by atoms with Gasteiger partial charge in [-0.05, 0) is 6.07 Å². The molecule has 0 unspecified atom stereocenters. The molecule has 1 aromatic rings. The van der Waals surface area contributed by atoms with Gasteiger partial charge in [0, 0.05) is 17.7 Å². The van der Waals surface area contributed by atoms with Crippen LogP contribution < -0.4 is 5.73 Å². The molecular weight excluding hydrogens is 247 g/mol. The lowest BCUT2D eigenvalue weighted by molar-refractivity contribution is -0.142. The second-order valence-corrected chi connectivity index (χ2v) is 3.19. The van der Waals surface area contributed by atoms with E-state index in [1.165, 1.54) is 0 Å². The quantitative estimate of drug-likeness (QED) is 0.813. The van der Waals surface area contributed by atoms with Gasteiger partial charge in [0.25, 0.3) is 6.43 Å². The molecule has 0 spiro atoms. The molecule has 0 aromatic carbocycles. The summed E-state index contributed by atoms with van der Waals surface area (Å²) in [7, 11) is 0. The van der Waals surface area contributed by atoms with Crippen LogP contribution in [-0.4, -0.2) is 10.1 Å². The summed E-state index contributed by atoms with van der Waals surface area (Å²) >= 11 is 0. The van der Waals surface area contributed by atoms with E-state index < -0.39 is 48.3 Å². The van der Waals surface area contributed by atoms with Crippen LogP contribution in [0.5, 0.6) is 0 Å². The number of nitrogens with two attached hydrogens (primary N) is 1. The largest absolute Gasteiger partial charge is 0.433 e. The standard InChI is InChI=1S/C9H9F5N2O/c10-8(11)5-1-4(3-17)7(9(12,13)14)16-6(5)2-15/h1,8,17H,2-3,15H2. The van der Waals surface area contributed by atoms with Crippen LogP contribution in [0.3, 0.4) is 0 Å². The van der Waals surface area contributed by atoms with Gasteiger partial charge in [0.2, 0.25) is 0 Å². The smallest absolute Gasteiger partial charge is 0.392 e. The Morgan fingerprint density at radius 1 is 1.35 bits per heavy atom. The van der Waals surface area contributed by atoms with E-state index in [2.05, 4.69) is 4.98 Å². The van der Waals surface area contributed by atoms with Crippen LogP contribution >= 0.6 is 0 Å². The Morgan fingerprint density at radius 2 is 1.94 bits per heavy atom. The highest BCUT2D eigenvalue weighted by atomic mass is 19.4. The molecule has 0 amide bonds. The lowest BCUT2D eigenvalue weighted by Crippen LogP contribution is -2.17. The fraction of sp³-hybridized carbons (Fsp3) is 0.444. The van der Waals surface area contributed by atoms with Crippen molar-refractivity contribution < 1.29 is 27.1 Å². The van der Waals surface area contributed by atoms with Crippen molar-refractivity contribution in [3.63, 3.8) is 0 Å². The maximum Gasteiger partial charge on any atom is 0.433 e. The van der Waals surface area contributed by atoms with Crippen molar-refractivity contribution in [2.45, 2.75) is 25.8 Å². The zero-order chi connectivity index (χ0) is 13.2. The number of aliphatic hydroxyl groups is 1. The molecule has 0 saturated carbocycles. The molecule has 8 heteroatoms. The summed E-state index contributed by atoms with van der Waals surface area (Å²) in [5.74, 6) is 0. The van der Waals surface area contributed by atoms with Gasteiger partial charge in [-0.15, -0.1) is 0 Å². The van der Waals surface area contributed by atoms with Crippen LogP contribution in [0.15, 0.2) is 6.07 Å². The molecule has 0 fully saturated rings. The summed E-state index contributed by atoms with van der Waals surface area (Å²) in [5, 5.41) is 8.74. The van der Waals surface area contributed by atoms with Crippen molar-refractivity contribution >= 4 is 0 Å². The van der Waals surface area contributed by atoms with Crippen LogP contribution in [0.25, 0.3) is 0 Å². The molecule has 0 radical (unpaired) electrons. The summed E-state index contributed by atoms with van der Waals surface area (Å²) < 4.78 is 62.4. The molecule has 0 saturated heterocycles. The first-order valence-electron chi connectivity index (χ1n) is 4.50. The van der Waals surface area contributed by atoms with Gasteiger partial charge in [-0.3, -0.25) is 0 Å². The summed E-state index contributed by atoms with van der Waals surface area (Å²) in [4.78, 5) is 3.06. The van der Waals surface area contributed by atoms with Crippen molar-refractivity contribution in [2.24, 2.45) is 5.73 Å². The molecule has 0 aliphatic rings. The van der Waals surface area contributed by atoms with Crippen molar-refractivity contribution in [2.75, 3.05) is 0 Å². The maximum absolute atomic E-state index is 12.5. The zero-order valence-electron chi connectivity index (χ0n) is 8.43. The lowest BCUT2D eigenvalue weighted by atomic mass is 10.1. The van der Waals surface area contributed by atoms with Gasteiger partial charge in [-0.25, -0.2) is 13.8 Å². The third kappa shape index (κ3) is 2.89. The summed E-state index contributed by atoms with van der Waals surface area (Å²) in [6.07, 6.45) is -7.81. The maximum atomic E-state index is 12.5. The van der Waals surface area contributed by atoms with Crippen molar-refractivity contribution in [3.05, 3.63) is 28.6 Å². The van der Waals surface area contributed by atoms with E-state index in [-0.39, 0.29) is 0 Å². The van der Waals surface area contributed by atoms with Crippen LogP contribution in [0.1, 0.15) is 28.9 Å². The Labute approximate surface area is 93.1 Å². The second kappa shape index (κ2) is 4.92. The molecular formula is C9H9F5N2O. The number of halogens is 5. The van der Waals surface area contributed by atoms with Crippen LogP contribution in [0.4, 0.5) is 22.0 Å². The fourth-order valence-corrected chi connectivity index (χ4v) is 1.33. The second-order valence-electron chi connectivity index (χ2n) is 3.19. The normalized spacial score (nSPS) is 12.2. The highest BCUT2D eigenvalue weighted by molar-refractivity contribution is 5.32. The number of alkyl halides is 5. The predicted octanol–water partition coefficient (Wildman–Crippen LogP) is 1.99. The number of aliphatic hydroxyl groups excluding tert-OH is 1. The molecule has 1 heterocycles. The number of hydrogen-bond acceptors (Lipinski definition) is 3. The van der Waals surface area contributed by atoms with Gasteiger partial charge < -0.3 is 10.8 Å². The molecule has 0 bridgehead atoms. The lowest BCUT2D eigenvalue weighted by Gasteiger charge is -2.14. The monoisotopic (exact) mass is 256 g/mol. The van der Waals surface area contributed by atoms with Gasteiger partial charge in [0.05, 0.1) is 12.3 Å². The Balaban J connectivity index is 3.44. The fourth-order valence-electron chi connectivity index (χ4n) is 1.33. The van der Waals surface area contributed by atoms with Crippen molar-refractivity contribution in [3.8, 4) is 0 Å². The topological polar surface area (TPSA) is 59.1 Å². The van der Waals surface area contributed by atoms with Crippen molar-refractivity contribution in [1.29, 1.82) is 0 Å². The van der Waals surface area contributed by atoms with Gasteiger partial charge in [-0.1, -0.05) is 0 Å². The first-order chi connectivity index (χ1) is 7.81. The van der Waals surface area contributed by atoms with Crippen LogP contribution in [0.2, 0.25) is 0 Å². The number of nitrogens with zero attached hydrogens (tertiary/aromatic N) is 1. The van der Waals surface area contributed by atoms with Crippen molar-refractivity contribution in [1.82, 2.24) is 4.98 Å². The average Bonchev–Trinajstić information content (AvgIpc) is 2.25. The zero-order valence-corrected chi connectivity index (χ0v) is 8.43. The molecule has 96 valence electrons. The Bertz CT molecular complexity index is 405. The number of aromatic nitrogens is 1. The van der Waals surface area contributed by atoms with E-state index in [1.54, 1.807) is 0 Å². The Morgan fingerprint density at radius 3 is 2.29 bits per heavy atom. The molecule has 17 heavy (non-hydrogen) atoms. The SMILES string of the molecule is NCc1nc(C(F)(F)F)c(CO)cc1C(F)F. The van der Waals surface area contributed by atoms with E-state index in [1.807, 2.05) is 0 Å². The minimum atomic E-state index is -4.82.